The third-order valence-corrected chi connectivity index (χ3v) is 16.8. The quantitative estimate of drug-likeness (QED) is 0.0318. The minimum atomic E-state index is -1.97. The monoisotopic (exact) mass is 1460 g/mol. The molecule has 4 aliphatic heterocycles. The van der Waals surface area contributed by atoms with Gasteiger partial charge in [-0.05, 0) is 78.4 Å². The van der Waals surface area contributed by atoms with Crippen molar-refractivity contribution in [3.05, 3.63) is 251 Å². The molecule has 2 unspecified atom stereocenters. The van der Waals surface area contributed by atoms with Crippen molar-refractivity contribution in [2.75, 3.05) is 26.4 Å². The highest BCUT2D eigenvalue weighted by Crippen LogP contribution is 2.40. The van der Waals surface area contributed by atoms with Gasteiger partial charge in [0.25, 0.3) is 0 Å². The first-order chi connectivity index (χ1) is 51.3. The van der Waals surface area contributed by atoms with Crippen molar-refractivity contribution in [1.82, 2.24) is 0 Å². The molecule has 4 fully saturated rings. The van der Waals surface area contributed by atoms with Gasteiger partial charge in [0.1, 0.15) is 56.4 Å². The Bertz CT molecular complexity index is 4120. The maximum absolute atomic E-state index is 14.7. The molecule has 7 aromatic carbocycles. The van der Waals surface area contributed by atoms with Gasteiger partial charge in [0.15, 0.2) is 67.9 Å². The van der Waals surface area contributed by atoms with Crippen LogP contribution in [0, 0.1) is 0 Å². The van der Waals surface area contributed by atoms with E-state index in [0.29, 0.717) is 5.56 Å². The molecule has 11 rings (SSSR count). The first kappa shape index (κ1) is 76.1. The summed E-state index contributed by atoms with van der Waals surface area (Å²) in [4.78, 5) is 137. The van der Waals surface area contributed by atoms with E-state index in [9.17, 15) is 47.9 Å². The van der Waals surface area contributed by atoms with Crippen LogP contribution < -0.4 is 0 Å². The molecule has 7 aromatic rings. The molecule has 106 heavy (non-hydrogen) atoms. The lowest BCUT2D eigenvalue weighted by atomic mass is 9.98. The summed E-state index contributed by atoms with van der Waals surface area (Å²) in [6, 6.07) is 55.5. The number of carbonyl (C=O) groups is 10. The maximum atomic E-state index is 14.7. The van der Waals surface area contributed by atoms with Gasteiger partial charge in [-0.2, -0.15) is 0 Å². The molecule has 4 heterocycles. The number of carbonyl (C=O) groups excluding carboxylic acids is 10. The molecule has 0 spiro atoms. The Morgan fingerprint density at radius 1 is 0.255 bits per heavy atom. The molecule has 28 heteroatoms. The van der Waals surface area contributed by atoms with E-state index < -0.39 is 191 Å². The largest absolute Gasteiger partial charge is 0.463 e. The Balaban J connectivity index is 1.05. The van der Waals surface area contributed by atoms with E-state index in [1.165, 1.54) is 72.8 Å². The fourth-order valence-electron chi connectivity index (χ4n) is 11.9. The molecule has 0 aromatic heterocycles. The van der Waals surface area contributed by atoms with Crippen LogP contribution in [-0.2, 0) is 111 Å². The van der Waals surface area contributed by atoms with E-state index in [0.717, 1.165) is 27.7 Å². The number of hydrogen-bond acceptors (Lipinski definition) is 28. The second kappa shape index (κ2) is 36.6. The standard InChI is InChI=1S/C78H74O28/c1-45(79)89-41-56-60(94-46(2)80)64(95-47(3)81)68(96-48(4)82)76(97-56)93-44-59-63(105-77-66(103-73(87)54-36-22-10-23-37-54)61(101-71(85)52-32-18-8-19-33-52)57(99-77)42-90-69(83)50-28-14-6-15-29-50)65(75(98-59)92-40-49-26-12-5-13-27-49)106-78-67(104-74(88)55-38-24-11-25-39-55)62(102-72(86)53-34-20-9-21-35-53)58(100-78)43-91-70(84)51-30-16-7-17-31-51/h5-39,56-68,75-78H,40-44H2,1-4H3/t56-,57-,58-,59-,60-,61-,62?,63-,64+,65?,66+,67+,68+,75+,76+,77-,78-/m1/s1. The van der Waals surface area contributed by atoms with Gasteiger partial charge in [0.2, 0.25) is 0 Å². The summed E-state index contributed by atoms with van der Waals surface area (Å²) in [5.74, 6) is -9.17. The van der Waals surface area contributed by atoms with Gasteiger partial charge in [-0.25, -0.2) is 28.8 Å². The molecule has 28 nitrogen and oxygen atoms in total. The lowest BCUT2D eigenvalue weighted by molar-refractivity contribution is -0.314. The van der Waals surface area contributed by atoms with Gasteiger partial charge in [-0.15, -0.1) is 0 Å². The van der Waals surface area contributed by atoms with Crippen LogP contribution in [0.4, 0.5) is 0 Å². The molecular formula is C78H74O28. The van der Waals surface area contributed by atoms with Gasteiger partial charge in [-0.3, -0.25) is 19.2 Å². The first-order valence-corrected chi connectivity index (χ1v) is 33.7. The zero-order valence-corrected chi connectivity index (χ0v) is 57.5. The molecule has 17 atom stereocenters. The number of ether oxygens (including phenoxy) is 18. The fourth-order valence-corrected chi connectivity index (χ4v) is 11.9. The van der Waals surface area contributed by atoms with Gasteiger partial charge < -0.3 is 85.3 Å². The van der Waals surface area contributed by atoms with Crippen molar-refractivity contribution in [1.29, 1.82) is 0 Å². The highest BCUT2D eigenvalue weighted by atomic mass is 16.8. The third-order valence-electron chi connectivity index (χ3n) is 16.8. The summed E-state index contributed by atoms with van der Waals surface area (Å²) < 4.78 is 114. The average Bonchev–Trinajstić information content (AvgIpc) is 1.59. The molecule has 4 aliphatic rings. The number of rotatable bonds is 29. The molecule has 0 amide bonds. The number of esters is 10. The smallest absolute Gasteiger partial charge is 0.338 e. The Morgan fingerprint density at radius 2 is 0.528 bits per heavy atom. The molecule has 4 saturated heterocycles. The van der Waals surface area contributed by atoms with Crippen LogP contribution in [0.2, 0.25) is 0 Å². The maximum Gasteiger partial charge on any atom is 0.338 e. The average molecular weight is 1460 g/mol. The predicted octanol–water partition coefficient (Wildman–Crippen LogP) is 7.86. The Hall–Kier alpha value is -11.1. The minimum absolute atomic E-state index is 0.00483. The van der Waals surface area contributed by atoms with E-state index >= 15 is 0 Å². The Labute approximate surface area is 607 Å². The normalized spacial score (nSPS) is 25.8. The van der Waals surface area contributed by atoms with Crippen LogP contribution >= 0.6 is 0 Å². The van der Waals surface area contributed by atoms with Crippen molar-refractivity contribution < 1.29 is 133 Å². The van der Waals surface area contributed by atoms with Crippen molar-refractivity contribution in [3.8, 4) is 0 Å². The van der Waals surface area contributed by atoms with Gasteiger partial charge in [-0.1, -0.05) is 140 Å². The highest BCUT2D eigenvalue weighted by molar-refractivity contribution is 5.92. The molecule has 0 radical (unpaired) electrons. The van der Waals surface area contributed by atoms with Crippen LogP contribution in [0.25, 0.3) is 0 Å². The van der Waals surface area contributed by atoms with E-state index in [2.05, 4.69) is 0 Å². The second-order valence-electron chi connectivity index (χ2n) is 24.4. The molecular weight excluding hydrogens is 1380 g/mol. The molecule has 554 valence electrons. The third kappa shape index (κ3) is 20.0. The van der Waals surface area contributed by atoms with Gasteiger partial charge in [0.05, 0.1) is 46.6 Å². The first-order valence-electron chi connectivity index (χ1n) is 33.7. The minimum Gasteiger partial charge on any atom is -0.463 e. The summed E-state index contributed by atoms with van der Waals surface area (Å²) in [7, 11) is 0. The lowest BCUT2D eigenvalue weighted by Crippen LogP contribution is -2.63. The van der Waals surface area contributed by atoms with Gasteiger partial charge >= 0.3 is 59.7 Å². The SMILES string of the molecule is CC(=O)OC[C@H]1O[C@H](OC[C@H]2O[C@H](OCc3ccccc3)C(O[C@H]3O[C@H](COC(=O)c4ccccc4)C(OC(=O)c4ccccc4)[C@@H]3OC(=O)c3ccccc3)[C@@H]2O[C@H]2O[C@H](COC(=O)c3ccccc3)[C@@H](OC(=O)c3ccccc3)[C@@H]2OC(=O)c2ccccc2)[C@@H](OC(C)=O)[C@@H](OC(C)=O)[C@@H]1OC(C)=O. The zero-order valence-electron chi connectivity index (χ0n) is 57.5. The van der Waals surface area contributed by atoms with Crippen molar-refractivity contribution in [3.63, 3.8) is 0 Å². The molecule has 0 bridgehead atoms. The molecule has 0 N–H and O–H groups in total. The van der Waals surface area contributed by atoms with Crippen LogP contribution in [0.5, 0.6) is 0 Å². The summed E-state index contributed by atoms with van der Waals surface area (Å²) in [6.45, 7) is 1.11. The highest BCUT2D eigenvalue weighted by Gasteiger charge is 2.60. The number of hydrogen-bond donors (Lipinski definition) is 0. The predicted molar refractivity (Wildman–Crippen MR) is 361 cm³/mol. The van der Waals surface area contributed by atoms with Crippen molar-refractivity contribution in [2.24, 2.45) is 0 Å². The molecule has 0 saturated carbocycles. The van der Waals surface area contributed by atoms with E-state index in [-0.39, 0.29) is 40.0 Å². The van der Waals surface area contributed by atoms with Gasteiger partial charge in [0, 0.05) is 27.7 Å². The van der Waals surface area contributed by atoms with Crippen molar-refractivity contribution >= 4 is 59.7 Å². The van der Waals surface area contributed by atoms with E-state index in [1.54, 1.807) is 140 Å². The van der Waals surface area contributed by atoms with Crippen LogP contribution in [0.3, 0.4) is 0 Å². The van der Waals surface area contributed by atoms with Crippen molar-refractivity contribution in [2.45, 2.75) is 139 Å². The van der Waals surface area contributed by atoms with Crippen LogP contribution in [0.1, 0.15) is 95.4 Å². The van der Waals surface area contributed by atoms with E-state index in [1.807, 2.05) is 0 Å². The summed E-state index contributed by atoms with van der Waals surface area (Å²) in [5.41, 5.74) is 0.933. The summed E-state index contributed by atoms with van der Waals surface area (Å²) >= 11 is 0. The lowest BCUT2D eigenvalue weighted by Gasteiger charge is -2.44. The second-order valence-corrected chi connectivity index (χ2v) is 24.4. The van der Waals surface area contributed by atoms with Crippen LogP contribution in [-0.4, -0.2) is 191 Å². The topological polar surface area (TPSA) is 337 Å². The van der Waals surface area contributed by atoms with E-state index in [4.69, 9.17) is 85.3 Å². The Kier molecular flexibility index (Phi) is 26.2. The molecule has 0 aliphatic carbocycles. The number of benzene rings is 7. The van der Waals surface area contributed by atoms with Crippen LogP contribution in [0.15, 0.2) is 212 Å². The summed E-state index contributed by atoms with van der Waals surface area (Å²) in [6.07, 6.45) is -29.6. The summed E-state index contributed by atoms with van der Waals surface area (Å²) in [5, 5.41) is 0. The zero-order chi connectivity index (χ0) is 74.6. The Morgan fingerprint density at radius 3 is 0.896 bits per heavy atom. The fraction of sp³-hybridized carbons (Fsp3) is 0.333.